The number of thiophene rings is 1. The largest absolute Gasteiger partial charge is 0.492 e. The maximum atomic E-state index is 13.0. The predicted octanol–water partition coefficient (Wildman–Crippen LogP) is 4.98. The fraction of sp³-hybridized carbons (Fsp3) is 0.522. The Morgan fingerprint density at radius 3 is 2.63 bits per heavy atom. The number of hydrogen-bond donors (Lipinski definition) is 1. The van der Waals surface area contributed by atoms with Gasteiger partial charge < -0.3 is 10.5 Å². The minimum Gasteiger partial charge on any atom is -0.492 e. The second-order valence-electron chi connectivity index (χ2n) is 8.21. The molecule has 3 nitrogen and oxygen atoms in total. The average Bonchev–Trinajstić information content (AvgIpc) is 3.02. The normalized spacial score (nSPS) is 15.4. The van der Waals surface area contributed by atoms with Crippen molar-refractivity contribution < 1.29 is 9.53 Å². The Labute approximate surface area is 166 Å². The van der Waals surface area contributed by atoms with E-state index in [1.807, 2.05) is 24.3 Å². The lowest BCUT2D eigenvalue weighted by atomic mass is 9.74. The predicted molar refractivity (Wildman–Crippen MR) is 113 cm³/mol. The fourth-order valence-corrected chi connectivity index (χ4v) is 5.14. The third-order valence-electron chi connectivity index (χ3n) is 5.43. The number of ether oxygens (including phenoxy) is 1. The molecule has 0 spiro atoms. The highest BCUT2D eigenvalue weighted by atomic mass is 32.1. The van der Waals surface area contributed by atoms with Crippen molar-refractivity contribution >= 4 is 17.1 Å². The minimum absolute atomic E-state index is 0.305. The van der Waals surface area contributed by atoms with E-state index in [1.165, 1.54) is 28.0 Å². The summed E-state index contributed by atoms with van der Waals surface area (Å²) in [6.07, 6.45) is 5.70. The van der Waals surface area contributed by atoms with E-state index in [9.17, 15) is 4.79 Å². The Morgan fingerprint density at radius 1 is 1.22 bits per heavy atom. The molecule has 27 heavy (non-hydrogen) atoms. The van der Waals surface area contributed by atoms with Crippen LogP contribution in [0.25, 0.3) is 0 Å². The number of benzene rings is 1. The third-order valence-corrected chi connectivity index (χ3v) is 6.89. The number of Topliss-reactive ketones (excluding diaryl/α,β-unsaturated/α-hetero) is 1. The first-order valence-corrected chi connectivity index (χ1v) is 10.8. The van der Waals surface area contributed by atoms with Crippen LogP contribution in [0.2, 0.25) is 0 Å². The van der Waals surface area contributed by atoms with E-state index in [4.69, 9.17) is 10.5 Å². The van der Waals surface area contributed by atoms with Crippen molar-refractivity contribution in [2.75, 3.05) is 13.2 Å². The van der Waals surface area contributed by atoms with Gasteiger partial charge in [0.25, 0.3) is 0 Å². The molecular formula is C23H31NO2S. The summed E-state index contributed by atoms with van der Waals surface area (Å²) < 4.78 is 5.51. The van der Waals surface area contributed by atoms with E-state index in [-0.39, 0.29) is 0 Å². The van der Waals surface area contributed by atoms with Gasteiger partial charge in [0.05, 0.1) is 4.88 Å². The molecular weight excluding hydrogens is 354 g/mol. The Bertz CT molecular complexity index is 789. The molecule has 0 bridgehead atoms. The molecule has 4 heteroatoms. The fourth-order valence-electron chi connectivity index (χ4n) is 3.86. The lowest BCUT2D eigenvalue weighted by Gasteiger charge is -2.30. The Balaban J connectivity index is 1.67. The molecule has 0 saturated carbocycles. The van der Waals surface area contributed by atoms with Crippen molar-refractivity contribution in [1.82, 2.24) is 0 Å². The first-order chi connectivity index (χ1) is 12.9. The molecule has 1 aliphatic carbocycles. The van der Waals surface area contributed by atoms with Crippen molar-refractivity contribution in [2.24, 2.45) is 11.1 Å². The molecule has 0 amide bonds. The van der Waals surface area contributed by atoms with Crippen LogP contribution < -0.4 is 10.5 Å². The molecule has 2 aromatic rings. The second-order valence-corrected chi connectivity index (χ2v) is 9.32. The van der Waals surface area contributed by atoms with Crippen LogP contribution >= 0.6 is 11.3 Å². The van der Waals surface area contributed by atoms with E-state index >= 15 is 0 Å². The van der Waals surface area contributed by atoms with Gasteiger partial charge in [-0.1, -0.05) is 32.9 Å². The molecule has 3 rings (SSSR count). The van der Waals surface area contributed by atoms with E-state index in [0.717, 1.165) is 36.3 Å². The first kappa shape index (κ1) is 20.1. The zero-order chi connectivity index (χ0) is 19.4. The maximum Gasteiger partial charge on any atom is 0.173 e. The molecule has 0 atom stereocenters. The van der Waals surface area contributed by atoms with Gasteiger partial charge in [0.1, 0.15) is 12.4 Å². The van der Waals surface area contributed by atoms with Gasteiger partial charge in [-0.3, -0.25) is 4.79 Å². The topological polar surface area (TPSA) is 52.3 Å². The molecule has 0 saturated heterocycles. The van der Waals surface area contributed by atoms with E-state index in [2.05, 4.69) is 20.8 Å². The summed E-state index contributed by atoms with van der Waals surface area (Å²) >= 11 is 1.75. The number of aryl methyl sites for hydroxylation is 2. The van der Waals surface area contributed by atoms with Crippen LogP contribution in [0.3, 0.4) is 0 Å². The van der Waals surface area contributed by atoms with Crippen LogP contribution in [0.1, 0.15) is 64.9 Å². The third kappa shape index (κ3) is 4.80. The summed E-state index contributed by atoms with van der Waals surface area (Å²) in [7, 11) is 0. The van der Waals surface area contributed by atoms with Crippen molar-refractivity contribution in [3.8, 4) is 5.75 Å². The van der Waals surface area contributed by atoms with Crippen LogP contribution in [-0.2, 0) is 25.7 Å². The van der Waals surface area contributed by atoms with Crippen LogP contribution in [0.4, 0.5) is 0 Å². The quantitative estimate of drug-likeness (QED) is 0.652. The number of rotatable bonds is 8. The summed E-state index contributed by atoms with van der Waals surface area (Å²) in [5.41, 5.74) is 9.81. The van der Waals surface area contributed by atoms with Crippen LogP contribution in [0.15, 0.2) is 24.3 Å². The molecule has 146 valence electrons. The minimum atomic E-state index is 0.305. The van der Waals surface area contributed by atoms with Gasteiger partial charge in [0, 0.05) is 17.8 Å². The van der Waals surface area contributed by atoms with Gasteiger partial charge in [-0.25, -0.2) is 0 Å². The summed E-state index contributed by atoms with van der Waals surface area (Å²) in [6, 6.07) is 8.01. The van der Waals surface area contributed by atoms with Crippen molar-refractivity contribution in [3.05, 3.63) is 50.7 Å². The van der Waals surface area contributed by atoms with E-state index < -0.39 is 0 Å². The van der Waals surface area contributed by atoms with Crippen molar-refractivity contribution in [2.45, 2.75) is 59.3 Å². The number of carbonyl (C=O) groups is 1. The summed E-state index contributed by atoms with van der Waals surface area (Å²) in [5.74, 6) is 1.14. The Kier molecular flexibility index (Phi) is 6.38. The molecule has 1 aromatic carbocycles. The van der Waals surface area contributed by atoms with Crippen LogP contribution in [0, 0.1) is 5.41 Å². The zero-order valence-corrected chi connectivity index (χ0v) is 17.6. The molecule has 0 radical (unpaired) electrons. The van der Waals surface area contributed by atoms with E-state index in [0.29, 0.717) is 30.8 Å². The Hall–Kier alpha value is -1.65. The summed E-state index contributed by atoms with van der Waals surface area (Å²) in [6.45, 7) is 7.93. The lowest BCUT2D eigenvalue weighted by molar-refractivity contribution is 0.0985. The number of carbonyl (C=O) groups excluding carboxylic acids is 1. The number of nitrogens with two attached hydrogens (primary N) is 1. The molecule has 0 fully saturated rings. The van der Waals surface area contributed by atoms with E-state index in [1.54, 1.807) is 11.3 Å². The van der Waals surface area contributed by atoms with Crippen LogP contribution in [0.5, 0.6) is 5.75 Å². The molecule has 1 aromatic heterocycles. The standard InChI is InChI=1S/C23H31NO2S/c1-4-21-19-15-23(2,3)12-11-18(19)22(27-21)20(25)10-7-16-5-8-17(9-6-16)26-14-13-24/h5-6,8-9H,4,7,10-15,24H2,1-3H3. The van der Waals surface area contributed by atoms with Gasteiger partial charge >= 0.3 is 0 Å². The molecule has 2 N–H and O–H groups in total. The van der Waals surface area contributed by atoms with Gasteiger partial charge in [-0.15, -0.1) is 11.3 Å². The van der Waals surface area contributed by atoms with Crippen molar-refractivity contribution in [1.29, 1.82) is 0 Å². The van der Waals surface area contributed by atoms with Gasteiger partial charge in [-0.2, -0.15) is 0 Å². The van der Waals surface area contributed by atoms with Crippen molar-refractivity contribution in [3.63, 3.8) is 0 Å². The van der Waals surface area contributed by atoms with Gasteiger partial charge in [-0.05, 0) is 66.3 Å². The number of ketones is 1. The number of hydrogen-bond acceptors (Lipinski definition) is 4. The maximum absolute atomic E-state index is 13.0. The highest BCUT2D eigenvalue weighted by molar-refractivity contribution is 7.14. The number of fused-ring (bicyclic) bond motifs is 1. The molecule has 1 aliphatic rings. The average molecular weight is 386 g/mol. The summed E-state index contributed by atoms with van der Waals surface area (Å²) in [5, 5.41) is 0. The smallest absolute Gasteiger partial charge is 0.173 e. The highest BCUT2D eigenvalue weighted by Crippen LogP contribution is 2.42. The molecule has 0 unspecified atom stereocenters. The van der Waals surface area contributed by atoms with Gasteiger partial charge in [0.15, 0.2) is 5.78 Å². The second kappa shape index (κ2) is 8.57. The Morgan fingerprint density at radius 2 is 1.96 bits per heavy atom. The van der Waals surface area contributed by atoms with Gasteiger partial charge in [0.2, 0.25) is 0 Å². The monoisotopic (exact) mass is 385 g/mol. The summed E-state index contributed by atoms with van der Waals surface area (Å²) in [4.78, 5) is 15.4. The zero-order valence-electron chi connectivity index (χ0n) is 16.8. The highest BCUT2D eigenvalue weighted by Gasteiger charge is 2.31. The lowest BCUT2D eigenvalue weighted by Crippen LogP contribution is -2.22. The first-order valence-electron chi connectivity index (χ1n) is 10.0. The van der Waals surface area contributed by atoms with Crippen LogP contribution in [-0.4, -0.2) is 18.9 Å². The SMILES string of the molecule is CCc1sc(C(=O)CCc2ccc(OCCN)cc2)c2c1CC(C)(C)CC2. The molecule has 0 aliphatic heterocycles. The molecule has 1 heterocycles.